The van der Waals surface area contributed by atoms with E-state index < -0.39 is 0 Å². The van der Waals surface area contributed by atoms with Crippen molar-refractivity contribution in [2.24, 2.45) is 0 Å². The second-order valence-electron chi connectivity index (χ2n) is 9.86. The highest BCUT2D eigenvalue weighted by Gasteiger charge is 2.25. The molecule has 0 amide bonds. The van der Waals surface area contributed by atoms with Gasteiger partial charge in [-0.3, -0.25) is 0 Å². The number of likely N-dealkylation sites (tertiary alicyclic amines) is 1. The Bertz CT molecular complexity index is 1090. The topological polar surface area (TPSA) is 76.3 Å². The number of rotatable bonds is 9. The summed E-state index contributed by atoms with van der Waals surface area (Å²) in [5.74, 6) is 2.68. The molecule has 1 aliphatic carbocycles. The molecular weight excluding hydrogens is 438 g/mol. The second kappa shape index (κ2) is 11.7. The molecule has 0 bridgehead atoms. The van der Waals surface area contributed by atoms with Gasteiger partial charge in [0.2, 0.25) is 5.95 Å². The molecule has 5 rings (SSSR count). The van der Waals surface area contributed by atoms with Crippen LogP contribution in [0.4, 0.5) is 11.6 Å². The van der Waals surface area contributed by atoms with Crippen molar-refractivity contribution in [1.82, 2.24) is 20.0 Å². The van der Waals surface area contributed by atoms with Gasteiger partial charge in [0.05, 0.1) is 23.6 Å². The molecule has 3 heterocycles. The van der Waals surface area contributed by atoms with Crippen molar-refractivity contribution in [1.29, 1.82) is 0 Å². The average Bonchev–Trinajstić information content (AvgIpc) is 3.29. The monoisotopic (exact) mass is 475 g/mol. The summed E-state index contributed by atoms with van der Waals surface area (Å²) in [6, 6.07) is 9.96. The minimum Gasteiger partial charge on any atom is -0.493 e. The molecule has 7 nitrogen and oxygen atoms in total. The molecule has 2 aliphatic rings. The van der Waals surface area contributed by atoms with E-state index >= 15 is 0 Å². The number of hydrogen-bond donors (Lipinski definition) is 1. The largest absolute Gasteiger partial charge is 0.493 e. The van der Waals surface area contributed by atoms with Crippen LogP contribution in [0.5, 0.6) is 5.75 Å². The number of nitrogens with one attached hydrogen (secondary N) is 1. The Morgan fingerprint density at radius 2 is 1.89 bits per heavy atom. The van der Waals surface area contributed by atoms with Crippen LogP contribution in [0.2, 0.25) is 0 Å². The Labute approximate surface area is 208 Å². The van der Waals surface area contributed by atoms with Crippen molar-refractivity contribution in [2.75, 3.05) is 31.6 Å². The minimum atomic E-state index is 0.450. The molecule has 186 valence electrons. The quantitative estimate of drug-likeness (QED) is 0.355. The van der Waals surface area contributed by atoms with Crippen LogP contribution in [0, 0.1) is 6.92 Å². The molecule has 0 spiro atoms. The zero-order chi connectivity index (χ0) is 23.9. The van der Waals surface area contributed by atoms with E-state index in [1.807, 2.05) is 37.3 Å². The highest BCUT2D eigenvalue weighted by molar-refractivity contribution is 5.66. The summed E-state index contributed by atoms with van der Waals surface area (Å²) in [5, 5.41) is 7.78. The average molecular weight is 476 g/mol. The first-order chi connectivity index (χ1) is 17.3. The fourth-order valence-electron chi connectivity index (χ4n) is 5.37. The van der Waals surface area contributed by atoms with Gasteiger partial charge in [-0.05, 0) is 70.3 Å². The Kier molecular flexibility index (Phi) is 7.93. The standard InChI is InChI=1S/C28H37N5O2/c1-21-26(27(32-35-21)22-10-4-2-5-11-22)25-14-15-29-28(31-25)30-23-12-8-13-24(20-23)34-19-9-18-33-16-6-3-7-17-33/h8,12-15,20,22H,2-7,9-11,16-19H2,1H3,(H,29,30,31). The van der Waals surface area contributed by atoms with E-state index in [-0.39, 0.29) is 0 Å². The van der Waals surface area contributed by atoms with Gasteiger partial charge in [0.25, 0.3) is 0 Å². The Balaban J connectivity index is 1.22. The number of aromatic nitrogens is 3. The van der Waals surface area contributed by atoms with Crippen molar-refractivity contribution in [3.8, 4) is 17.0 Å². The van der Waals surface area contributed by atoms with E-state index in [0.717, 1.165) is 53.7 Å². The number of nitrogens with zero attached hydrogens (tertiary/aromatic N) is 4. The summed E-state index contributed by atoms with van der Waals surface area (Å²) in [6.45, 7) is 6.27. The summed E-state index contributed by atoms with van der Waals surface area (Å²) < 4.78 is 11.6. The van der Waals surface area contributed by atoms with Crippen molar-refractivity contribution in [3.63, 3.8) is 0 Å². The lowest BCUT2D eigenvalue weighted by Crippen LogP contribution is -2.31. The molecule has 7 heteroatoms. The molecule has 1 saturated carbocycles. The van der Waals surface area contributed by atoms with Gasteiger partial charge in [-0.25, -0.2) is 9.97 Å². The highest BCUT2D eigenvalue weighted by atomic mass is 16.5. The van der Waals surface area contributed by atoms with E-state index in [0.29, 0.717) is 11.9 Å². The van der Waals surface area contributed by atoms with E-state index in [4.69, 9.17) is 14.2 Å². The minimum absolute atomic E-state index is 0.450. The first kappa shape index (κ1) is 23.8. The van der Waals surface area contributed by atoms with E-state index in [1.54, 1.807) is 6.20 Å². The molecule has 35 heavy (non-hydrogen) atoms. The predicted octanol–water partition coefficient (Wildman–Crippen LogP) is 6.49. The first-order valence-electron chi connectivity index (χ1n) is 13.3. The number of ether oxygens (including phenoxy) is 1. The van der Waals surface area contributed by atoms with Gasteiger partial charge >= 0.3 is 0 Å². The lowest BCUT2D eigenvalue weighted by Gasteiger charge is -2.26. The second-order valence-corrected chi connectivity index (χ2v) is 9.86. The third-order valence-corrected chi connectivity index (χ3v) is 7.22. The third kappa shape index (κ3) is 6.20. The normalized spacial score (nSPS) is 17.4. The van der Waals surface area contributed by atoms with Crippen LogP contribution in [0.1, 0.15) is 75.2 Å². The maximum absolute atomic E-state index is 6.03. The molecule has 1 aromatic carbocycles. The van der Waals surface area contributed by atoms with Crippen LogP contribution < -0.4 is 10.1 Å². The summed E-state index contributed by atoms with van der Waals surface area (Å²) in [7, 11) is 0. The highest BCUT2D eigenvalue weighted by Crippen LogP contribution is 2.38. The van der Waals surface area contributed by atoms with Crippen LogP contribution in [-0.4, -0.2) is 46.3 Å². The van der Waals surface area contributed by atoms with Crippen molar-refractivity contribution in [3.05, 3.63) is 48.0 Å². The SMILES string of the molecule is Cc1onc(C2CCCCC2)c1-c1ccnc(Nc2cccc(OCCCN3CCCCC3)c2)n1. The van der Waals surface area contributed by atoms with Gasteiger partial charge < -0.3 is 19.5 Å². The molecule has 3 aromatic rings. The van der Waals surface area contributed by atoms with Gasteiger partial charge in [-0.2, -0.15) is 0 Å². The molecule has 1 N–H and O–H groups in total. The van der Waals surface area contributed by atoms with Gasteiger partial charge in [0.1, 0.15) is 11.5 Å². The Hall–Kier alpha value is -2.93. The van der Waals surface area contributed by atoms with Gasteiger partial charge in [-0.15, -0.1) is 0 Å². The molecule has 2 aromatic heterocycles. The summed E-state index contributed by atoms with van der Waals surface area (Å²) in [5.41, 5.74) is 3.83. The lowest BCUT2D eigenvalue weighted by atomic mass is 9.85. The maximum atomic E-state index is 6.03. The van der Waals surface area contributed by atoms with Crippen LogP contribution >= 0.6 is 0 Å². The Morgan fingerprint density at radius 3 is 2.74 bits per heavy atom. The summed E-state index contributed by atoms with van der Waals surface area (Å²) in [4.78, 5) is 11.8. The predicted molar refractivity (Wildman–Crippen MR) is 138 cm³/mol. The van der Waals surface area contributed by atoms with Crippen molar-refractivity contribution >= 4 is 11.6 Å². The van der Waals surface area contributed by atoms with Crippen LogP contribution in [0.15, 0.2) is 41.1 Å². The first-order valence-corrected chi connectivity index (χ1v) is 13.3. The van der Waals surface area contributed by atoms with E-state index in [1.165, 1.54) is 64.5 Å². The van der Waals surface area contributed by atoms with Crippen molar-refractivity contribution < 1.29 is 9.26 Å². The lowest BCUT2D eigenvalue weighted by molar-refractivity contribution is 0.205. The molecule has 2 fully saturated rings. The van der Waals surface area contributed by atoms with Gasteiger partial charge in [0.15, 0.2) is 0 Å². The third-order valence-electron chi connectivity index (χ3n) is 7.22. The fourth-order valence-corrected chi connectivity index (χ4v) is 5.37. The van der Waals surface area contributed by atoms with Crippen LogP contribution in [0.25, 0.3) is 11.3 Å². The molecular formula is C28H37N5O2. The molecule has 1 saturated heterocycles. The Morgan fingerprint density at radius 1 is 1.06 bits per heavy atom. The maximum Gasteiger partial charge on any atom is 0.227 e. The number of piperidine rings is 1. The van der Waals surface area contributed by atoms with Gasteiger partial charge in [0, 0.05) is 30.4 Å². The summed E-state index contributed by atoms with van der Waals surface area (Å²) in [6.07, 6.45) is 13.0. The molecule has 0 radical (unpaired) electrons. The zero-order valence-electron chi connectivity index (χ0n) is 20.8. The number of benzene rings is 1. The number of aryl methyl sites for hydroxylation is 1. The van der Waals surface area contributed by atoms with E-state index in [2.05, 4.69) is 20.4 Å². The molecule has 1 aliphatic heterocycles. The van der Waals surface area contributed by atoms with Crippen LogP contribution in [-0.2, 0) is 0 Å². The fraction of sp³-hybridized carbons (Fsp3) is 0.536. The zero-order valence-corrected chi connectivity index (χ0v) is 20.8. The van der Waals surface area contributed by atoms with Gasteiger partial charge in [-0.1, -0.05) is 36.9 Å². The van der Waals surface area contributed by atoms with Crippen LogP contribution in [0.3, 0.4) is 0 Å². The molecule has 0 unspecified atom stereocenters. The number of hydrogen-bond acceptors (Lipinski definition) is 7. The summed E-state index contributed by atoms with van der Waals surface area (Å²) >= 11 is 0. The van der Waals surface area contributed by atoms with E-state index in [9.17, 15) is 0 Å². The van der Waals surface area contributed by atoms with Crippen molar-refractivity contribution in [2.45, 2.75) is 70.6 Å². The number of anilines is 2. The molecule has 0 atom stereocenters. The smallest absolute Gasteiger partial charge is 0.227 e.